The Bertz CT molecular complexity index is 1060. The van der Waals surface area contributed by atoms with Crippen molar-refractivity contribution in [2.75, 3.05) is 6.54 Å². The van der Waals surface area contributed by atoms with Crippen molar-refractivity contribution in [3.05, 3.63) is 60.3 Å². The van der Waals surface area contributed by atoms with Crippen molar-refractivity contribution in [2.45, 2.75) is 31.7 Å². The highest BCUT2D eigenvalue weighted by atomic mass is 16.2. The number of para-hydroxylation sites is 1. The number of nitrogens with zero attached hydrogens (tertiary/aromatic N) is 1. The van der Waals surface area contributed by atoms with Crippen molar-refractivity contribution in [3.63, 3.8) is 0 Å². The molecule has 1 aromatic carbocycles. The third-order valence-electron chi connectivity index (χ3n) is 8.13. The Morgan fingerprint density at radius 3 is 2.23 bits per heavy atom. The first kappa shape index (κ1) is 19.1. The van der Waals surface area contributed by atoms with Gasteiger partial charge in [-0.2, -0.15) is 0 Å². The summed E-state index contributed by atoms with van der Waals surface area (Å²) in [6.45, 7) is 0.534. The predicted molar refractivity (Wildman–Crippen MR) is 120 cm³/mol. The van der Waals surface area contributed by atoms with Gasteiger partial charge in [0.25, 0.3) is 0 Å². The van der Waals surface area contributed by atoms with Crippen LogP contribution in [-0.4, -0.2) is 34.3 Å². The van der Waals surface area contributed by atoms with E-state index in [1.165, 1.54) is 10.9 Å². The van der Waals surface area contributed by atoms with Crippen LogP contribution in [0.25, 0.3) is 10.9 Å². The molecular weight excluding hydrogens is 386 g/mol. The zero-order chi connectivity index (χ0) is 21.1. The topological polar surface area (TPSA) is 79.2 Å². The molecule has 2 amide bonds. The van der Waals surface area contributed by atoms with Gasteiger partial charge in [0.2, 0.25) is 11.8 Å². The Kier molecular flexibility index (Phi) is 4.42. The molecule has 7 rings (SSSR count). The smallest absolute Gasteiger partial charge is 0.233 e. The van der Waals surface area contributed by atoms with E-state index in [0.29, 0.717) is 18.4 Å². The minimum atomic E-state index is -0.127. The fourth-order valence-electron chi connectivity index (χ4n) is 6.53. The second-order valence-electron chi connectivity index (χ2n) is 9.78. The number of imide groups is 1. The van der Waals surface area contributed by atoms with Crippen LogP contribution in [0.3, 0.4) is 0 Å². The summed E-state index contributed by atoms with van der Waals surface area (Å²) < 4.78 is 0. The van der Waals surface area contributed by atoms with Gasteiger partial charge in [0.15, 0.2) is 0 Å². The average molecular weight is 416 g/mol. The van der Waals surface area contributed by atoms with E-state index in [1.54, 1.807) is 4.90 Å². The molecule has 2 fully saturated rings. The molecule has 5 aliphatic rings. The molecule has 2 bridgehead atoms. The fraction of sp³-hybridized carbons (Fsp3) is 0.462. The van der Waals surface area contributed by atoms with Crippen LogP contribution in [0.1, 0.15) is 24.8 Å². The molecule has 7 unspecified atom stereocenters. The van der Waals surface area contributed by atoms with Gasteiger partial charge in [0.1, 0.15) is 0 Å². The fourth-order valence-corrected chi connectivity index (χ4v) is 6.53. The number of hydrogen-bond acceptors (Lipinski definition) is 3. The highest BCUT2D eigenvalue weighted by molar-refractivity contribution is 6.06. The number of allylic oxidation sites excluding steroid dienone is 4. The second kappa shape index (κ2) is 7.20. The monoisotopic (exact) mass is 415 g/mol. The van der Waals surface area contributed by atoms with Gasteiger partial charge in [-0.1, -0.05) is 48.9 Å². The number of H-pyrrole nitrogens is 1. The molecule has 1 aliphatic heterocycles. The van der Waals surface area contributed by atoms with Gasteiger partial charge < -0.3 is 10.7 Å². The molecule has 4 aliphatic carbocycles. The normalized spacial score (nSPS) is 33.6. The summed E-state index contributed by atoms with van der Waals surface area (Å²) in [4.78, 5) is 31.1. The van der Waals surface area contributed by atoms with Gasteiger partial charge in [-0.3, -0.25) is 14.5 Å². The van der Waals surface area contributed by atoms with Crippen LogP contribution in [0, 0.1) is 35.5 Å². The average Bonchev–Trinajstić information content (AvgIpc) is 3.26. The molecular formula is C26H29N3O2. The summed E-state index contributed by atoms with van der Waals surface area (Å²) in [7, 11) is 0. The molecule has 3 N–H and O–H groups in total. The summed E-state index contributed by atoms with van der Waals surface area (Å²) in [6.07, 6.45) is 14.4. The van der Waals surface area contributed by atoms with Crippen molar-refractivity contribution < 1.29 is 9.59 Å². The first-order valence-electron chi connectivity index (χ1n) is 11.7. The van der Waals surface area contributed by atoms with Crippen LogP contribution in [0.4, 0.5) is 0 Å². The lowest BCUT2D eigenvalue weighted by Gasteiger charge is -2.51. The molecule has 0 radical (unpaired) electrons. The number of rotatable bonds is 7. The van der Waals surface area contributed by atoms with Gasteiger partial charge in [0.05, 0.1) is 11.8 Å². The van der Waals surface area contributed by atoms with E-state index in [9.17, 15) is 9.59 Å². The lowest BCUT2D eigenvalue weighted by molar-refractivity contribution is -0.140. The number of carbonyl (C=O) groups excluding carboxylic acids is 2. The zero-order valence-electron chi connectivity index (χ0n) is 17.6. The van der Waals surface area contributed by atoms with Gasteiger partial charge in [-0.15, -0.1) is 0 Å². The van der Waals surface area contributed by atoms with E-state index in [1.807, 2.05) is 6.07 Å². The van der Waals surface area contributed by atoms with Crippen LogP contribution >= 0.6 is 0 Å². The lowest BCUT2D eigenvalue weighted by atomic mass is 9.50. The predicted octanol–water partition coefficient (Wildman–Crippen LogP) is 3.43. The van der Waals surface area contributed by atoms with Crippen molar-refractivity contribution in [3.8, 4) is 0 Å². The Hall–Kier alpha value is -2.66. The number of unbranched alkanes of at least 4 members (excludes halogenated alkanes) is 1. The standard InChI is InChI=1S/C26H29N3O2/c27-16(13-15-14-28-22-7-2-1-6-17(15)22)5-3-4-12-29-25(30)23-20-10-11-21(24(23)26(29)31)19-9-8-18(19)20/h1-2,6-11,14,16,18-21,23-24,28H,3-5,12-13,27H2. The number of hydrogen-bond donors (Lipinski definition) is 2. The van der Waals surface area contributed by atoms with Crippen LogP contribution in [-0.2, 0) is 16.0 Å². The number of nitrogens with two attached hydrogens (primary N) is 1. The lowest BCUT2D eigenvalue weighted by Crippen LogP contribution is -2.50. The Morgan fingerprint density at radius 1 is 0.903 bits per heavy atom. The summed E-state index contributed by atoms with van der Waals surface area (Å²) in [5.41, 5.74) is 8.80. The maximum Gasteiger partial charge on any atom is 0.233 e. The quantitative estimate of drug-likeness (QED) is 0.413. The number of aromatic amines is 1. The molecule has 1 saturated carbocycles. The number of likely N-dealkylation sites (tertiary alicyclic amines) is 1. The van der Waals surface area contributed by atoms with Crippen molar-refractivity contribution in [2.24, 2.45) is 41.2 Å². The van der Waals surface area contributed by atoms with Crippen LogP contribution in [0.5, 0.6) is 0 Å². The van der Waals surface area contributed by atoms with Crippen molar-refractivity contribution in [1.29, 1.82) is 0 Å². The molecule has 5 nitrogen and oxygen atoms in total. The molecule has 1 aromatic heterocycles. The first-order valence-corrected chi connectivity index (χ1v) is 11.7. The largest absolute Gasteiger partial charge is 0.361 e. The molecule has 1 saturated heterocycles. The number of benzene rings is 1. The highest BCUT2D eigenvalue weighted by Gasteiger charge is 2.62. The van der Waals surface area contributed by atoms with Crippen LogP contribution < -0.4 is 5.73 Å². The second-order valence-corrected chi connectivity index (χ2v) is 9.78. The van der Waals surface area contributed by atoms with Gasteiger partial charge in [0, 0.05) is 29.7 Å². The van der Waals surface area contributed by atoms with E-state index in [2.05, 4.69) is 53.7 Å². The molecule has 31 heavy (non-hydrogen) atoms. The van der Waals surface area contributed by atoms with Gasteiger partial charge in [-0.25, -0.2) is 0 Å². The third kappa shape index (κ3) is 2.86. The summed E-state index contributed by atoms with van der Waals surface area (Å²) in [5, 5.41) is 1.24. The van der Waals surface area contributed by atoms with E-state index >= 15 is 0 Å². The number of nitrogens with one attached hydrogen (secondary N) is 1. The van der Waals surface area contributed by atoms with E-state index < -0.39 is 0 Å². The van der Waals surface area contributed by atoms with Gasteiger partial charge in [-0.05, 0) is 54.6 Å². The SMILES string of the molecule is NC(CCCCN1C(=O)C2C3C=CC(C4C=CC43)C2C1=O)Cc1c[nH]c2ccccc12. The highest BCUT2D eigenvalue weighted by Crippen LogP contribution is 2.58. The first-order chi connectivity index (χ1) is 15.1. The van der Waals surface area contributed by atoms with E-state index in [4.69, 9.17) is 5.73 Å². The Balaban J connectivity index is 1.03. The minimum Gasteiger partial charge on any atom is -0.361 e. The minimum absolute atomic E-state index is 0.0659. The number of amides is 2. The maximum absolute atomic E-state index is 13.1. The number of fused-ring (bicyclic) bond motifs is 1. The Morgan fingerprint density at radius 2 is 1.55 bits per heavy atom. The molecule has 7 atom stereocenters. The zero-order valence-corrected chi connectivity index (χ0v) is 17.6. The summed E-state index contributed by atoms with van der Waals surface area (Å²) in [5.74, 6) is 1.25. The summed E-state index contributed by atoms with van der Waals surface area (Å²) >= 11 is 0. The number of aromatic nitrogens is 1. The molecule has 0 spiro atoms. The molecule has 2 heterocycles. The van der Waals surface area contributed by atoms with Crippen LogP contribution in [0.15, 0.2) is 54.8 Å². The van der Waals surface area contributed by atoms with Crippen molar-refractivity contribution >= 4 is 22.7 Å². The van der Waals surface area contributed by atoms with E-state index in [0.717, 1.165) is 31.2 Å². The Labute approximate surface area is 182 Å². The number of carbonyl (C=O) groups is 2. The molecule has 2 aromatic rings. The molecule has 160 valence electrons. The van der Waals surface area contributed by atoms with E-state index in [-0.39, 0.29) is 41.5 Å². The van der Waals surface area contributed by atoms with Crippen molar-refractivity contribution in [1.82, 2.24) is 9.88 Å². The summed E-state index contributed by atoms with van der Waals surface area (Å²) in [6, 6.07) is 8.36. The van der Waals surface area contributed by atoms with Crippen LogP contribution in [0.2, 0.25) is 0 Å². The maximum atomic E-state index is 13.1. The third-order valence-corrected chi connectivity index (χ3v) is 8.13. The molecule has 5 heteroatoms. The van der Waals surface area contributed by atoms with Gasteiger partial charge >= 0.3 is 0 Å².